The van der Waals surface area contributed by atoms with Crippen molar-refractivity contribution in [1.82, 2.24) is 9.78 Å². The van der Waals surface area contributed by atoms with Crippen molar-refractivity contribution in [2.75, 3.05) is 13.2 Å². The summed E-state index contributed by atoms with van der Waals surface area (Å²) in [7, 11) is 1.95. The third kappa shape index (κ3) is 1.83. The number of nitrogens with zero attached hydrogens (tertiary/aromatic N) is 2. The lowest BCUT2D eigenvalue weighted by atomic mass is 10.0. The minimum atomic E-state index is 0.615. The summed E-state index contributed by atoms with van der Waals surface area (Å²) in [6.45, 7) is 3.35. The van der Waals surface area contributed by atoms with Gasteiger partial charge in [0.1, 0.15) is 13.2 Å². The topological polar surface area (TPSA) is 36.3 Å². The molecule has 0 fully saturated rings. The van der Waals surface area contributed by atoms with Crippen molar-refractivity contribution >= 4 is 0 Å². The van der Waals surface area contributed by atoms with E-state index >= 15 is 0 Å². The normalized spacial score (nSPS) is 13.7. The van der Waals surface area contributed by atoms with E-state index in [-0.39, 0.29) is 0 Å². The van der Waals surface area contributed by atoms with Gasteiger partial charge in [-0.05, 0) is 24.1 Å². The van der Waals surface area contributed by atoms with Crippen molar-refractivity contribution in [2.24, 2.45) is 7.05 Å². The molecule has 1 aromatic carbocycles. The minimum absolute atomic E-state index is 0.615. The van der Waals surface area contributed by atoms with Gasteiger partial charge in [-0.25, -0.2) is 0 Å². The van der Waals surface area contributed by atoms with Gasteiger partial charge in [0.15, 0.2) is 11.5 Å². The molecular formula is C14H16N2O2. The average Bonchev–Trinajstić information content (AvgIpc) is 2.79. The van der Waals surface area contributed by atoms with Gasteiger partial charge in [0, 0.05) is 18.8 Å². The van der Waals surface area contributed by atoms with E-state index in [4.69, 9.17) is 9.47 Å². The van der Waals surface area contributed by atoms with E-state index in [0.717, 1.165) is 34.7 Å². The van der Waals surface area contributed by atoms with Gasteiger partial charge in [-0.1, -0.05) is 13.0 Å². The predicted molar refractivity (Wildman–Crippen MR) is 69.0 cm³/mol. The highest BCUT2D eigenvalue weighted by molar-refractivity contribution is 5.68. The van der Waals surface area contributed by atoms with Crippen LogP contribution in [0.1, 0.15) is 12.6 Å². The molecule has 4 nitrogen and oxygen atoms in total. The Morgan fingerprint density at radius 3 is 2.78 bits per heavy atom. The minimum Gasteiger partial charge on any atom is -0.486 e. The molecule has 0 radical (unpaired) electrons. The third-order valence-electron chi connectivity index (χ3n) is 3.09. The molecule has 0 atom stereocenters. The molecule has 0 amide bonds. The van der Waals surface area contributed by atoms with Crippen LogP contribution in [0.3, 0.4) is 0 Å². The van der Waals surface area contributed by atoms with Crippen LogP contribution in [0.4, 0.5) is 0 Å². The van der Waals surface area contributed by atoms with Crippen LogP contribution in [0, 0.1) is 0 Å². The van der Waals surface area contributed by atoms with Gasteiger partial charge in [-0.2, -0.15) is 5.10 Å². The molecule has 3 rings (SSSR count). The molecule has 0 saturated heterocycles. The van der Waals surface area contributed by atoms with Crippen molar-refractivity contribution < 1.29 is 9.47 Å². The first-order valence-corrected chi connectivity index (χ1v) is 6.20. The Bertz CT molecular complexity index is 575. The Balaban J connectivity index is 2.06. The largest absolute Gasteiger partial charge is 0.486 e. The van der Waals surface area contributed by atoms with Crippen LogP contribution in [0.25, 0.3) is 11.1 Å². The van der Waals surface area contributed by atoms with Gasteiger partial charge in [-0.15, -0.1) is 0 Å². The highest BCUT2D eigenvalue weighted by atomic mass is 16.6. The fourth-order valence-corrected chi connectivity index (χ4v) is 2.25. The van der Waals surface area contributed by atoms with E-state index in [1.54, 1.807) is 0 Å². The van der Waals surface area contributed by atoms with Gasteiger partial charge in [0.05, 0.1) is 5.69 Å². The first kappa shape index (κ1) is 11.1. The van der Waals surface area contributed by atoms with E-state index in [1.807, 2.05) is 30.1 Å². The summed E-state index contributed by atoms with van der Waals surface area (Å²) in [5, 5.41) is 4.46. The second-order valence-electron chi connectivity index (χ2n) is 4.38. The molecule has 0 unspecified atom stereocenters. The number of hydrogen-bond donors (Lipinski definition) is 0. The second kappa shape index (κ2) is 4.37. The summed E-state index contributed by atoms with van der Waals surface area (Å²) in [6, 6.07) is 6.06. The second-order valence-corrected chi connectivity index (χ2v) is 4.38. The van der Waals surface area contributed by atoms with Crippen molar-refractivity contribution in [3.05, 3.63) is 30.1 Å². The maximum atomic E-state index is 5.61. The van der Waals surface area contributed by atoms with Crippen LogP contribution >= 0.6 is 0 Å². The predicted octanol–water partition coefficient (Wildman–Crippen LogP) is 2.42. The highest BCUT2D eigenvalue weighted by Crippen LogP contribution is 2.35. The first-order chi connectivity index (χ1) is 8.78. The van der Waals surface area contributed by atoms with Crippen molar-refractivity contribution in [1.29, 1.82) is 0 Å². The zero-order chi connectivity index (χ0) is 12.5. The quantitative estimate of drug-likeness (QED) is 0.814. The van der Waals surface area contributed by atoms with Crippen molar-refractivity contribution in [2.45, 2.75) is 13.3 Å². The zero-order valence-electron chi connectivity index (χ0n) is 10.6. The molecule has 1 aliphatic heterocycles. The van der Waals surface area contributed by atoms with Gasteiger partial charge >= 0.3 is 0 Å². The molecule has 1 aromatic heterocycles. The fourth-order valence-electron chi connectivity index (χ4n) is 2.25. The van der Waals surface area contributed by atoms with Gasteiger partial charge < -0.3 is 9.47 Å². The Morgan fingerprint density at radius 1 is 1.22 bits per heavy atom. The lowest BCUT2D eigenvalue weighted by Crippen LogP contribution is -2.15. The zero-order valence-corrected chi connectivity index (χ0v) is 10.6. The molecule has 0 saturated carbocycles. The number of rotatable bonds is 2. The molecule has 1 aliphatic rings. The highest BCUT2D eigenvalue weighted by Gasteiger charge is 2.14. The molecular weight excluding hydrogens is 228 g/mol. The van der Waals surface area contributed by atoms with Crippen molar-refractivity contribution in [3.63, 3.8) is 0 Å². The molecule has 0 spiro atoms. The number of benzene rings is 1. The van der Waals surface area contributed by atoms with Crippen LogP contribution in [0.15, 0.2) is 24.4 Å². The van der Waals surface area contributed by atoms with Gasteiger partial charge in [0.25, 0.3) is 0 Å². The van der Waals surface area contributed by atoms with Crippen LogP contribution in [0.5, 0.6) is 11.5 Å². The van der Waals surface area contributed by atoms with Crippen LogP contribution in [-0.2, 0) is 13.5 Å². The summed E-state index contributed by atoms with van der Waals surface area (Å²) in [5.41, 5.74) is 3.40. The number of aromatic nitrogens is 2. The Kier molecular flexibility index (Phi) is 2.70. The molecule has 2 aromatic rings. The third-order valence-corrected chi connectivity index (χ3v) is 3.09. The molecule has 18 heavy (non-hydrogen) atoms. The van der Waals surface area contributed by atoms with E-state index < -0.39 is 0 Å². The molecule has 2 heterocycles. The Labute approximate surface area is 106 Å². The number of ether oxygens (including phenoxy) is 2. The van der Waals surface area contributed by atoms with E-state index in [2.05, 4.69) is 18.1 Å². The number of aryl methyl sites for hydroxylation is 2. The van der Waals surface area contributed by atoms with Crippen molar-refractivity contribution in [3.8, 4) is 22.6 Å². The first-order valence-electron chi connectivity index (χ1n) is 6.20. The van der Waals surface area contributed by atoms with Crippen LogP contribution in [-0.4, -0.2) is 23.0 Å². The molecule has 0 bridgehead atoms. The lowest BCUT2D eigenvalue weighted by Gasteiger charge is -2.18. The lowest BCUT2D eigenvalue weighted by molar-refractivity contribution is 0.171. The molecule has 94 valence electrons. The number of fused-ring (bicyclic) bond motifs is 1. The average molecular weight is 244 g/mol. The smallest absolute Gasteiger partial charge is 0.161 e. The monoisotopic (exact) mass is 244 g/mol. The molecule has 0 aliphatic carbocycles. The maximum Gasteiger partial charge on any atom is 0.161 e. The fraction of sp³-hybridized carbons (Fsp3) is 0.357. The Hall–Kier alpha value is -1.97. The summed E-state index contributed by atoms with van der Waals surface area (Å²) in [5.74, 6) is 1.65. The molecule has 0 N–H and O–H groups in total. The SMILES string of the molecule is CCc1nn(C)cc1-c1ccc2c(c1)OCCO2. The van der Waals surface area contributed by atoms with Crippen LogP contribution in [0.2, 0.25) is 0 Å². The molecule has 4 heteroatoms. The summed E-state index contributed by atoms with van der Waals surface area (Å²) in [6.07, 6.45) is 2.97. The maximum absolute atomic E-state index is 5.61. The number of hydrogen-bond acceptors (Lipinski definition) is 3. The standard InChI is InChI=1S/C14H16N2O2/c1-3-12-11(9-16(2)15-12)10-4-5-13-14(8-10)18-7-6-17-13/h4-5,8-9H,3,6-7H2,1-2H3. The van der Waals surface area contributed by atoms with E-state index in [9.17, 15) is 0 Å². The Morgan fingerprint density at radius 2 is 2.00 bits per heavy atom. The van der Waals surface area contributed by atoms with E-state index in [1.165, 1.54) is 0 Å². The summed E-state index contributed by atoms with van der Waals surface area (Å²) >= 11 is 0. The summed E-state index contributed by atoms with van der Waals surface area (Å²) < 4.78 is 13.0. The van der Waals surface area contributed by atoms with Gasteiger partial charge in [-0.3, -0.25) is 4.68 Å². The van der Waals surface area contributed by atoms with E-state index in [0.29, 0.717) is 13.2 Å². The van der Waals surface area contributed by atoms with Gasteiger partial charge in [0.2, 0.25) is 0 Å². The summed E-state index contributed by atoms with van der Waals surface area (Å²) in [4.78, 5) is 0. The van der Waals surface area contributed by atoms with Crippen LogP contribution < -0.4 is 9.47 Å².